The summed E-state index contributed by atoms with van der Waals surface area (Å²) in [5.41, 5.74) is 0.653. The molecule has 0 radical (unpaired) electrons. The van der Waals surface area contributed by atoms with E-state index in [1.54, 1.807) is 43.8 Å². The highest BCUT2D eigenvalue weighted by Crippen LogP contribution is 2.20. The molecule has 102 valence electrons. The predicted octanol–water partition coefficient (Wildman–Crippen LogP) is 2.15. The zero-order valence-electron chi connectivity index (χ0n) is 10.9. The van der Waals surface area contributed by atoms with E-state index in [9.17, 15) is 8.42 Å². The van der Waals surface area contributed by atoms with E-state index in [1.807, 2.05) is 12.3 Å². The van der Waals surface area contributed by atoms with Gasteiger partial charge in [0.15, 0.2) is 0 Å². The molecule has 0 saturated carbocycles. The molecule has 4 nitrogen and oxygen atoms in total. The Morgan fingerprint density at radius 1 is 1.28 bits per heavy atom. The molecule has 0 atom stereocenters. The van der Waals surface area contributed by atoms with Crippen LogP contribution in [0.15, 0.2) is 29.2 Å². The fourth-order valence-corrected chi connectivity index (χ4v) is 3.25. The molecular weight excluding hydrogens is 268 g/mol. The largest absolute Gasteiger partial charge is 0.383 e. The lowest BCUT2D eigenvalue weighted by molar-refractivity contribution is 0.570. The van der Waals surface area contributed by atoms with Gasteiger partial charge in [-0.2, -0.15) is 11.8 Å². The summed E-state index contributed by atoms with van der Waals surface area (Å²) < 4.78 is 26.9. The molecule has 6 heteroatoms. The molecule has 0 unspecified atom stereocenters. The summed E-state index contributed by atoms with van der Waals surface area (Å²) in [5.74, 6) is 0.936. The van der Waals surface area contributed by atoms with Crippen molar-refractivity contribution in [3.8, 4) is 0 Å². The lowest BCUT2D eigenvalue weighted by atomic mass is 10.3. The SMILES string of the molecule is CSCCNc1ccccc1S(=O)(=O)NC(C)C. The molecule has 0 spiro atoms. The van der Waals surface area contributed by atoms with Crippen LogP contribution in [0.25, 0.3) is 0 Å². The molecule has 0 heterocycles. The van der Waals surface area contributed by atoms with E-state index >= 15 is 0 Å². The number of para-hydroxylation sites is 1. The smallest absolute Gasteiger partial charge is 0.242 e. The lowest BCUT2D eigenvalue weighted by Crippen LogP contribution is -2.30. The van der Waals surface area contributed by atoms with Crippen LogP contribution < -0.4 is 10.0 Å². The van der Waals surface area contributed by atoms with E-state index in [1.165, 1.54) is 0 Å². The first kappa shape index (κ1) is 15.3. The van der Waals surface area contributed by atoms with Crippen molar-refractivity contribution < 1.29 is 8.42 Å². The summed E-state index contributed by atoms with van der Waals surface area (Å²) in [6.07, 6.45) is 2.02. The van der Waals surface area contributed by atoms with Crippen LogP contribution in [-0.2, 0) is 10.0 Å². The molecule has 0 bridgehead atoms. The Kier molecular flexibility index (Phi) is 5.98. The number of sulfonamides is 1. The molecule has 0 aliphatic rings. The fourth-order valence-electron chi connectivity index (χ4n) is 1.51. The number of benzene rings is 1. The lowest BCUT2D eigenvalue weighted by Gasteiger charge is -2.14. The summed E-state index contributed by atoms with van der Waals surface area (Å²) in [6.45, 7) is 4.36. The third-order valence-electron chi connectivity index (χ3n) is 2.19. The molecular formula is C12H20N2O2S2. The highest BCUT2D eigenvalue weighted by molar-refractivity contribution is 7.98. The first-order valence-corrected chi connectivity index (χ1v) is 8.69. The minimum Gasteiger partial charge on any atom is -0.383 e. The van der Waals surface area contributed by atoms with Crippen molar-refractivity contribution in [2.45, 2.75) is 24.8 Å². The van der Waals surface area contributed by atoms with Gasteiger partial charge in [-0.25, -0.2) is 13.1 Å². The average molecular weight is 288 g/mol. The van der Waals surface area contributed by atoms with E-state index in [0.29, 0.717) is 10.6 Å². The molecule has 0 aliphatic carbocycles. The molecule has 1 rings (SSSR count). The number of rotatable bonds is 7. The average Bonchev–Trinajstić information content (AvgIpc) is 2.28. The van der Waals surface area contributed by atoms with Gasteiger partial charge in [0.25, 0.3) is 0 Å². The third-order valence-corrected chi connectivity index (χ3v) is 4.52. The minimum absolute atomic E-state index is 0.116. The topological polar surface area (TPSA) is 58.2 Å². The van der Waals surface area contributed by atoms with Gasteiger partial charge in [0.1, 0.15) is 4.90 Å². The Hall–Kier alpha value is -0.720. The second-order valence-electron chi connectivity index (χ2n) is 4.19. The number of hydrogen-bond acceptors (Lipinski definition) is 4. The van der Waals surface area contributed by atoms with Crippen molar-refractivity contribution in [1.82, 2.24) is 4.72 Å². The Bertz CT molecular complexity index is 473. The van der Waals surface area contributed by atoms with Crippen molar-refractivity contribution in [3.63, 3.8) is 0 Å². The van der Waals surface area contributed by atoms with Gasteiger partial charge in [0.05, 0.1) is 5.69 Å². The van der Waals surface area contributed by atoms with Gasteiger partial charge in [-0.3, -0.25) is 0 Å². The standard InChI is InChI=1S/C12H20N2O2S2/c1-10(2)14-18(15,16)12-7-5-4-6-11(12)13-8-9-17-3/h4-7,10,13-14H,8-9H2,1-3H3. The van der Waals surface area contributed by atoms with Gasteiger partial charge in [-0.05, 0) is 32.2 Å². The Labute approximate surface area is 114 Å². The molecule has 18 heavy (non-hydrogen) atoms. The van der Waals surface area contributed by atoms with Crippen molar-refractivity contribution in [3.05, 3.63) is 24.3 Å². The van der Waals surface area contributed by atoms with Gasteiger partial charge in [-0.15, -0.1) is 0 Å². The number of thioether (sulfide) groups is 1. The highest BCUT2D eigenvalue weighted by atomic mass is 32.2. The van der Waals surface area contributed by atoms with Crippen LogP contribution in [0.5, 0.6) is 0 Å². The van der Waals surface area contributed by atoms with E-state index in [-0.39, 0.29) is 6.04 Å². The van der Waals surface area contributed by atoms with Crippen LogP contribution in [0.3, 0.4) is 0 Å². The highest BCUT2D eigenvalue weighted by Gasteiger charge is 2.18. The normalized spacial score (nSPS) is 11.8. The molecule has 0 aromatic heterocycles. The molecule has 0 aliphatic heterocycles. The summed E-state index contributed by atoms with van der Waals surface area (Å²) >= 11 is 1.72. The molecule has 1 aromatic carbocycles. The van der Waals surface area contributed by atoms with Gasteiger partial charge in [0.2, 0.25) is 10.0 Å². The number of nitrogens with one attached hydrogen (secondary N) is 2. The van der Waals surface area contributed by atoms with E-state index in [4.69, 9.17) is 0 Å². The second-order valence-corrected chi connectivity index (χ2v) is 6.86. The maximum absolute atomic E-state index is 12.1. The van der Waals surface area contributed by atoms with E-state index < -0.39 is 10.0 Å². The summed E-state index contributed by atoms with van der Waals surface area (Å²) in [5, 5.41) is 3.15. The zero-order valence-corrected chi connectivity index (χ0v) is 12.6. The first-order valence-electron chi connectivity index (χ1n) is 5.81. The Morgan fingerprint density at radius 3 is 2.56 bits per heavy atom. The first-order chi connectivity index (χ1) is 8.47. The number of hydrogen-bond donors (Lipinski definition) is 2. The zero-order chi connectivity index (χ0) is 13.6. The fraction of sp³-hybridized carbons (Fsp3) is 0.500. The molecule has 2 N–H and O–H groups in total. The minimum atomic E-state index is -3.45. The predicted molar refractivity (Wildman–Crippen MR) is 78.8 cm³/mol. The van der Waals surface area contributed by atoms with Crippen LogP contribution in [0.4, 0.5) is 5.69 Å². The molecule has 1 aromatic rings. The molecule has 0 amide bonds. The van der Waals surface area contributed by atoms with Gasteiger partial charge in [0, 0.05) is 18.3 Å². The summed E-state index contributed by atoms with van der Waals surface area (Å²) in [7, 11) is -3.45. The monoisotopic (exact) mass is 288 g/mol. The van der Waals surface area contributed by atoms with Crippen molar-refractivity contribution in [1.29, 1.82) is 0 Å². The van der Waals surface area contributed by atoms with Crippen molar-refractivity contribution in [2.24, 2.45) is 0 Å². The van der Waals surface area contributed by atoms with Gasteiger partial charge >= 0.3 is 0 Å². The van der Waals surface area contributed by atoms with E-state index in [0.717, 1.165) is 12.3 Å². The van der Waals surface area contributed by atoms with Crippen molar-refractivity contribution in [2.75, 3.05) is 23.9 Å². The van der Waals surface area contributed by atoms with Gasteiger partial charge < -0.3 is 5.32 Å². The van der Waals surface area contributed by atoms with Crippen LogP contribution in [-0.4, -0.2) is 33.0 Å². The van der Waals surface area contributed by atoms with Crippen LogP contribution >= 0.6 is 11.8 Å². The second kappa shape index (κ2) is 7.01. The van der Waals surface area contributed by atoms with Crippen molar-refractivity contribution >= 4 is 27.5 Å². The summed E-state index contributed by atoms with van der Waals surface area (Å²) in [4.78, 5) is 0.305. The van der Waals surface area contributed by atoms with Crippen LogP contribution in [0.1, 0.15) is 13.8 Å². The quantitative estimate of drug-likeness (QED) is 0.755. The third kappa shape index (κ3) is 4.51. The molecule has 0 fully saturated rings. The maximum Gasteiger partial charge on any atom is 0.242 e. The van der Waals surface area contributed by atoms with E-state index in [2.05, 4.69) is 10.0 Å². The van der Waals surface area contributed by atoms with Crippen LogP contribution in [0.2, 0.25) is 0 Å². The maximum atomic E-state index is 12.1. The van der Waals surface area contributed by atoms with Crippen LogP contribution in [0, 0.1) is 0 Å². The Balaban J connectivity index is 2.94. The molecule has 0 saturated heterocycles. The number of anilines is 1. The Morgan fingerprint density at radius 2 is 1.94 bits per heavy atom. The van der Waals surface area contributed by atoms with Gasteiger partial charge in [-0.1, -0.05) is 12.1 Å². The summed E-state index contributed by atoms with van der Waals surface area (Å²) in [6, 6.07) is 6.85.